The summed E-state index contributed by atoms with van der Waals surface area (Å²) in [5.74, 6) is -1.86. The summed E-state index contributed by atoms with van der Waals surface area (Å²) in [5.41, 5.74) is 1.05. The highest BCUT2D eigenvalue weighted by atomic mass is 32.1. The van der Waals surface area contributed by atoms with Gasteiger partial charge in [-0.15, -0.1) is 11.3 Å². The summed E-state index contributed by atoms with van der Waals surface area (Å²) in [5, 5.41) is 2.00. The Bertz CT molecular complexity index is 638. The van der Waals surface area contributed by atoms with Crippen molar-refractivity contribution in [2.24, 2.45) is 0 Å². The number of nitrogens with zero attached hydrogens (tertiary/aromatic N) is 1. The van der Waals surface area contributed by atoms with Gasteiger partial charge in [-0.25, -0.2) is 8.78 Å². The molecule has 0 saturated carbocycles. The molecule has 0 fully saturated rings. The van der Waals surface area contributed by atoms with Gasteiger partial charge in [0.1, 0.15) is 11.6 Å². The SMILES string of the molecule is O=C(c1ccc(F)cc1F)N1CCc2sccc2C1. The molecule has 0 bridgehead atoms. The molecule has 1 aromatic carbocycles. The molecule has 2 nitrogen and oxygen atoms in total. The van der Waals surface area contributed by atoms with Crippen molar-refractivity contribution in [2.45, 2.75) is 13.0 Å². The average molecular weight is 279 g/mol. The lowest BCUT2D eigenvalue weighted by molar-refractivity contribution is 0.0731. The van der Waals surface area contributed by atoms with Crippen LogP contribution in [-0.2, 0) is 13.0 Å². The van der Waals surface area contributed by atoms with Crippen LogP contribution in [0, 0.1) is 11.6 Å². The van der Waals surface area contributed by atoms with Crippen LogP contribution in [0.5, 0.6) is 0 Å². The molecule has 1 aliphatic heterocycles. The van der Waals surface area contributed by atoms with Crippen molar-refractivity contribution in [2.75, 3.05) is 6.54 Å². The molecule has 0 spiro atoms. The van der Waals surface area contributed by atoms with Crippen molar-refractivity contribution >= 4 is 17.2 Å². The summed E-state index contributed by atoms with van der Waals surface area (Å²) >= 11 is 1.68. The Morgan fingerprint density at radius 1 is 1.26 bits per heavy atom. The van der Waals surface area contributed by atoms with Crippen LogP contribution < -0.4 is 0 Å². The molecule has 0 aliphatic carbocycles. The Kier molecular flexibility index (Phi) is 3.06. The molecule has 5 heteroatoms. The van der Waals surface area contributed by atoms with Crippen LogP contribution in [-0.4, -0.2) is 17.4 Å². The maximum atomic E-state index is 13.6. The molecule has 2 aromatic rings. The number of benzene rings is 1. The molecule has 0 radical (unpaired) electrons. The fourth-order valence-corrected chi connectivity index (χ4v) is 3.14. The highest BCUT2D eigenvalue weighted by molar-refractivity contribution is 7.10. The minimum atomic E-state index is -0.805. The second kappa shape index (κ2) is 4.74. The molecule has 1 aliphatic rings. The molecular weight excluding hydrogens is 268 g/mol. The van der Waals surface area contributed by atoms with Gasteiger partial charge in [0.15, 0.2) is 0 Å². The molecule has 19 heavy (non-hydrogen) atoms. The Labute approximate surface area is 113 Å². The first-order chi connectivity index (χ1) is 9.15. The number of amides is 1. The number of thiophene rings is 1. The molecule has 2 heterocycles. The molecule has 0 saturated heterocycles. The topological polar surface area (TPSA) is 20.3 Å². The third-order valence-electron chi connectivity index (χ3n) is 3.26. The maximum absolute atomic E-state index is 13.6. The third-order valence-corrected chi connectivity index (χ3v) is 4.28. The van der Waals surface area contributed by atoms with Crippen molar-refractivity contribution in [1.82, 2.24) is 4.90 Å². The van der Waals surface area contributed by atoms with Gasteiger partial charge < -0.3 is 4.90 Å². The van der Waals surface area contributed by atoms with Gasteiger partial charge in [0, 0.05) is 24.0 Å². The maximum Gasteiger partial charge on any atom is 0.257 e. The number of carbonyl (C=O) groups excluding carboxylic acids is 1. The smallest absolute Gasteiger partial charge is 0.257 e. The monoisotopic (exact) mass is 279 g/mol. The van der Waals surface area contributed by atoms with E-state index in [9.17, 15) is 13.6 Å². The van der Waals surface area contributed by atoms with Crippen molar-refractivity contribution in [3.63, 3.8) is 0 Å². The Morgan fingerprint density at radius 2 is 2.11 bits per heavy atom. The zero-order valence-corrected chi connectivity index (χ0v) is 10.8. The summed E-state index contributed by atoms with van der Waals surface area (Å²) in [4.78, 5) is 15.1. The van der Waals surface area contributed by atoms with E-state index in [0.29, 0.717) is 13.1 Å². The second-order valence-corrected chi connectivity index (χ2v) is 5.47. The van der Waals surface area contributed by atoms with E-state index in [1.807, 2.05) is 11.4 Å². The largest absolute Gasteiger partial charge is 0.334 e. The molecule has 0 atom stereocenters. The molecule has 1 aromatic heterocycles. The highest BCUT2D eigenvalue weighted by Gasteiger charge is 2.24. The van der Waals surface area contributed by atoms with E-state index in [0.717, 1.165) is 24.1 Å². The van der Waals surface area contributed by atoms with Crippen LogP contribution in [0.25, 0.3) is 0 Å². The first-order valence-electron chi connectivity index (χ1n) is 5.95. The zero-order valence-electron chi connectivity index (χ0n) is 10.0. The number of hydrogen-bond acceptors (Lipinski definition) is 2. The quantitative estimate of drug-likeness (QED) is 0.785. The molecule has 0 N–H and O–H groups in total. The molecule has 1 amide bonds. The van der Waals surface area contributed by atoms with Gasteiger partial charge in [-0.2, -0.15) is 0 Å². The molecule has 98 valence electrons. The molecule has 0 unspecified atom stereocenters. The number of fused-ring (bicyclic) bond motifs is 1. The lowest BCUT2D eigenvalue weighted by atomic mass is 10.1. The molecular formula is C14H11F2NOS. The Hall–Kier alpha value is -1.75. The van der Waals surface area contributed by atoms with Crippen molar-refractivity contribution in [3.8, 4) is 0 Å². The van der Waals surface area contributed by atoms with Gasteiger partial charge in [0.25, 0.3) is 5.91 Å². The predicted octanol–water partition coefficient (Wildman–Crippen LogP) is 3.22. The first kappa shape index (κ1) is 12.3. The summed E-state index contributed by atoms with van der Waals surface area (Å²) < 4.78 is 26.5. The van der Waals surface area contributed by atoms with Crippen LogP contribution in [0.2, 0.25) is 0 Å². The summed E-state index contributed by atoms with van der Waals surface area (Å²) in [7, 11) is 0. The van der Waals surface area contributed by atoms with Gasteiger partial charge in [0.05, 0.1) is 5.56 Å². The standard InChI is InChI=1S/C14H11F2NOS/c15-10-1-2-11(12(16)7-10)14(18)17-5-3-13-9(8-17)4-6-19-13/h1-2,4,6-7H,3,5,8H2. The van der Waals surface area contributed by atoms with E-state index >= 15 is 0 Å². The van der Waals surface area contributed by atoms with E-state index in [4.69, 9.17) is 0 Å². The normalized spacial score (nSPS) is 14.3. The number of carbonyl (C=O) groups is 1. The minimum Gasteiger partial charge on any atom is -0.334 e. The van der Waals surface area contributed by atoms with Gasteiger partial charge in [-0.3, -0.25) is 4.79 Å². The van der Waals surface area contributed by atoms with Gasteiger partial charge in [0.2, 0.25) is 0 Å². The van der Waals surface area contributed by atoms with Crippen LogP contribution in [0.1, 0.15) is 20.8 Å². The van der Waals surface area contributed by atoms with Crippen molar-refractivity contribution in [3.05, 3.63) is 57.3 Å². The number of rotatable bonds is 1. The highest BCUT2D eigenvalue weighted by Crippen LogP contribution is 2.25. The van der Waals surface area contributed by atoms with Gasteiger partial charge >= 0.3 is 0 Å². The summed E-state index contributed by atoms with van der Waals surface area (Å²) in [6, 6.07) is 5.04. The third kappa shape index (κ3) is 2.26. The summed E-state index contributed by atoms with van der Waals surface area (Å²) in [6.07, 6.45) is 0.793. The van der Waals surface area contributed by atoms with E-state index < -0.39 is 11.6 Å². The lowest BCUT2D eigenvalue weighted by Crippen LogP contribution is -2.35. The fraction of sp³-hybridized carbons (Fsp3) is 0.214. The van der Waals surface area contributed by atoms with Crippen LogP contribution >= 0.6 is 11.3 Å². The number of hydrogen-bond donors (Lipinski definition) is 0. The lowest BCUT2D eigenvalue weighted by Gasteiger charge is -2.27. The number of halogens is 2. The summed E-state index contributed by atoms with van der Waals surface area (Å²) in [6.45, 7) is 1.07. The van der Waals surface area contributed by atoms with E-state index in [-0.39, 0.29) is 11.5 Å². The zero-order chi connectivity index (χ0) is 13.4. The average Bonchev–Trinajstić information content (AvgIpc) is 2.85. The van der Waals surface area contributed by atoms with E-state index in [2.05, 4.69) is 0 Å². The molecule has 3 rings (SSSR count). The second-order valence-electron chi connectivity index (χ2n) is 4.47. The van der Waals surface area contributed by atoms with E-state index in [1.165, 1.54) is 10.9 Å². The van der Waals surface area contributed by atoms with Crippen molar-refractivity contribution in [1.29, 1.82) is 0 Å². The van der Waals surface area contributed by atoms with Crippen LogP contribution in [0.3, 0.4) is 0 Å². The van der Waals surface area contributed by atoms with E-state index in [1.54, 1.807) is 16.2 Å². The Balaban J connectivity index is 1.85. The van der Waals surface area contributed by atoms with Gasteiger partial charge in [-0.1, -0.05) is 0 Å². The minimum absolute atomic E-state index is 0.0694. The van der Waals surface area contributed by atoms with Gasteiger partial charge in [-0.05, 0) is 35.6 Å². The van der Waals surface area contributed by atoms with Crippen LogP contribution in [0.4, 0.5) is 8.78 Å². The predicted molar refractivity (Wildman–Crippen MR) is 69.1 cm³/mol. The Morgan fingerprint density at radius 3 is 2.89 bits per heavy atom. The van der Waals surface area contributed by atoms with Crippen LogP contribution in [0.15, 0.2) is 29.6 Å². The first-order valence-corrected chi connectivity index (χ1v) is 6.82. The van der Waals surface area contributed by atoms with Crippen molar-refractivity contribution < 1.29 is 13.6 Å². The fourth-order valence-electron chi connectivity index (χ4n) is 2.26.